The Morgan fingerprint density at radius 1 is 1.12 bits per heavy atom. The van der Waals surface area contributed by atoms with E-state index in [2.05, 4.69) is 53.3 Å². The van der Waals surface area contributed by atoms with E-state index < -0.39 is 0 Å². The molecule has 5 aromatic rings. The van der Waals surface area contributed by atoms with Crippen molar-refractivity contribution in [2.24, 2.45) is 0 Å². The lowest BCUT2D eigenvalue weighted by molar-refractivity contribution is 0.303. The van der Waals surface area contributed by atoms with Crippen LogP contribution in [0.3, 0.4) is 0 Å². The molecule has 3 heterocycles. The highest BCUT2D eigenvalue weighted by molar-refractivity contribution is 9.10. The molecule has 162 valence electrons. The molecule has 2 N–H and O–H groups in total. The number of aromatic nitrogens is 4. The second-order valence-corrected chi connectivity index (χ2v) is 8.88. The lowest BCUT2D eigenvalue weighted by Gasteiger charge is -2.11. The molecule has 6 nitrogen and oxygen atoms in total. The first kappa shape index (κ1) is 21.1. The van der Waals surface area contributed by atoms with Crippen LogP contribution in [-0.4, -0.2) is 20.2 Å². The average molecular weight is 520 g/mol. The Morgan fingerprint density at radius 2 is 2.06 bits per heavy atom. The van der Waals surface area contributed by atoms with E-state index in [1.165, 1.54) is 29.8 Å². The standard InChI is InChI=1S/C24H15BrFN5OS/c25-20-9-18(5-7-22(20)32-13-15-2-1-3-17(26)8-15)31-24-23-21(27-14-28-24)10-19(33-23)6-4-16-11-29-30-12-16/h1-3,5,7-12,14H,13H2,(H,29,30)(H,27,28,31). The zero-order valence-corrected chi connectivity index (χ0v) is 19.4. The molecule has 0 amide bonds. The number of halogens is 2. The molecule has 0 unspecified atom stereocenters. The molecule has 0 bridgehead atoms. The lowest BCUT2D eigenvalue weighted by Crippen LogP contribution is -1.98. The largest absolute Gasteiger partial charge is 0.488 e. The number of H-pyrrole nitrogens is 1. The predicted octanol–water partition coefficient (Wildman–Crippen LogP) is 6.04. The third-order valence-electron chi connectivity index (χ3n) is 4.62. The monoisotopic (exact) mass is 519 g/mol. The smallest absolute Gasteiger partial charge is 0.151 e. The van der Waals surface area contributed by atoms with Gasteiger partial charge in [-0.2, -0.15) is 5.10 Å². The second-order valence-electron chi connectivity index (χ2n) is 6.97. The highest BCUT2D eigenvalue weighted by Crippen LogP contribution is 2.33. The van der Waals surface area contributed by atoms with Gasteiger partial charge in [0.2, 0.25) is 0 Å². The fourth-order valence-electron chi connectivity index (χ4n) is 3.08. The van der Waals surface area contributed by atoms with Gasteiger partial charge in [-0.15, -0.1) is 11.3 Å². The molecule has 0 aliphatic rings. The van der Waals surface area contributed by atoms with Crippen molar-refractivity contribution in [2.45, 2.75) is 6.61 Å². The number of anilines is 2. The second kappa shape index (κ2) is 9.40. The molecule has 3 aromatic heterocycles. The van der Waals surface area contributed by atoms with Crippen molar-refractivity contribution in [1.29, 1.82) is 0 Å². The molecular formula is C24H15BrFN5OS. The van der Waals surface area contributed by atoms with Crippen LogP contribution >= 0.6 is 27.3 Å². The van der Waals surface area contributed by atoms with Gasteiger partial charge in [0.15, 0.2) is 5.82 Å². The molecule has 0 aliphatic carbocycles. The van der Waals surface area contributed by atoms with Gasteiger partial charge in [-0.05, 0) is 57.9 Å². The van der Waals surface area contributed by atoms with E-state index in [1.54, 1.807) is 18.5 Å². The minimum absolute atomic E-state index is 0.271. The van der Waals surface area contributed by atoms with Gasteiger partial charge < -0.3 is 10.1 Å². The van der Waals surface area contributed by atoms with Crippen LogP contribution in [-0.2, 0) is 6.61 Å². The maximum Gasteiger partial charge on any atom is 0.151 e. The molecule has 33 heavy (non-hydrogen) atoms. The Labute approximate surface area is 201 Å². The fraction of sp³-hybridized carbons (Fsp3) is 0.0417. The summed E-state index contributed by atoms with van der Waals surface area (Å²) < 4.78 is 20.9. The van der Waals surface area contributed by atoms with Crippen LogP contribution in [0.15, 0.2) is 71.7 Å². The summed E-state index contributed by atoms with van der Waals surface area (Å²) >= 11 is 5.07. The summed E-state index contributed by atoms with van der Waals surface area (Å²) in [6.45, 7) is 0.271. The molecule has 0 aliphatic heterocycles. The Balaban J connectivity index is 1.33. The van der Waals surface area contributed by atoms with Crippen molar-refractivity contribution in [3.8, 4) is 17.6 Å². The Kier molecular flexibility index (Phi) is 6.02. The zero-order chi connectivity index (χ0) is 22.6. The van der Waals surface area contributed by atoms with Crippen LogP contribution in [0.5, 0.6) is 5.75 Å². The van der Waals surface area contributed by atoms with E-state index in [9.17, 15) is 4.39 Å². The van der Waals surface area contributed by atoms with Gasteiger partial charge in [0.1, 0.15) is 24.5 Å². The summed E-state index contributed by atoms with van der Waals surface area (Å²) in [5.74, 6) is 7.28. The van der Waals surface area contributed by atoms with Crippen molar-refractivity contribution >= 4 is 49.0 Å². The minimum atomic E-state index is -0.282. The van der Waals surface area contributed by atoms with Gasteiger partial charge in [-0.1, -0.05) is 24.0 Å². The molecular weight excluding hydrogens is 505 g/mol. The Bertz CT molecular complexity index is 1490. The summed E-state index contributed by atoms with van der Waals surface area (Å²) in [7, 11) is 0. The van der Waals surface area contributed by atoms with E-state index in [1.807, 2.05) is 30.3 Å². The van der Waals surface area contributed by atoms with Gasteiger partial charge in [-0.3, -0.25) is 5.10 Å². The SMILES string of the molecule is Fc1cccc(COc2ccc(Nc3ncnc4cc(C#Cc5cn[nH]c5)sc34)cc2Br)c1. The van der Waals surface area contributed by atoms with Crippen molar-refractivity contribution in [2.75, 3.05) is 5.32 Å². The van der Waals surface area contributed by atoms with Crippen molar-refractivity contribution in [1.82, 2.24) is 20.2 Å². The topological polar surface area (TPSA) is 75.7 Å². The number of rotatable bonds is 5. The van der Waals surface area contributed by atoms with Crippen LogP contribution in [0.2, 0.25) is 0 Å². The van der Waals surface area contributed by atoms with Crippen molar-refractivity contribution in [3.63, 3.8) is 0 Å². The number of nitrogens with one attached hydrogen (secondary N) is 2. The predicted molar refractivity (Wildman–Crippen MR) is 130 cm³/mol. The number of ether oxygens (including phenoxy) is 1. The first-order valence-electron chi connectivity index (χ1n) is 9.83. The number of thiophene rings is 1. The van der Waals surface area contributed by atoms with E-state index in [0.717, 1.165) is 36.4 Å². The summed E-state index contributed by atoms with van der Waals surface area (Å²) in [6.07, 6.45) is 4.95. The molecule has 0 saturated carbocycles. The first-order valence-corrected chi connectivity index (χ1v) is 11.4. The summed E-state index contributed by atoms with van der Waals surface area (Å²) in [5.41, 5.74) is 3.24. The number of fused-ring (bicyclic) bond motifs is 1. The van der Waals surface area contributed by atoms with Gasteiger partial charge in [-0.25, -0.2) is 14.4 Å². The van der Waals surface area contributed by atoms with Gasteiger partial charge in [0.05, 0.1) is 31.3 Å². The van der Waals surface area contributed by atoms with Crippen LogP contribution in [0.4, 0.5) is 15.9 Å². The summed E-state index contributed by atoms with van der Waals surface area (Å²) in [5, 5.41) is 9.98. The van der Waals surface area contributed by atoms with E-state index in [4.69, 9.17) is 4.74 Å². The maximum atomic E-state index is 13.4. The summed E-state index contributed by atoms with van der Waals surface area (Å²) in [4.78, 5) is 9.65. The minimum Gasteiger partial charge on any atom is -0.488 e. The van der Waals surface area contributed by atoms with Gasteiger partial charge in [0, 0.05) is 11.9 Å². The third-order valence-corrected chi connectivity index (χ3v) is 6.28. The molecule has 0 fully saturated rings. The van der Waals surface area contributed by atoms with Gasteiger partial charge in [0.25, 0.3) is 0 Å². The van der Waals surface area contributed by atoms with E-state index >= 15 is 0 Å². The Hall–Kier alpha value is -3.74. The molecule has 5 rings (SSSR count). The molecule has 0 spiro atoms. The van der Waals surface area contributed by atoms with Crippen LogP contribution in [0.25, 0.3) is 10.2 Å². The van der Waals surface area contributed by atoms with E-state index in [0.29, 0.717) is 11.6 Å². The van der Waals surface area contributed by atoms with Crippen molar-refractivity contribution in [3.05, 3.63) is 93.5 Å². The molecule has 0 saturated heterocycles. The molecule has 0 radical (unpaired) electrons. The van der Waals surface area contributed by atoms with Gasteiger partial charge >= 0.3 is 0 Å². The number of benzene rings is 2. The van der Waals surface area contributed by atoms with E-state index in [-0.39, 0.29) is 12.4 Å². The molecule has 0 atom stereocenters. The quantitative estimate of drug-likeness (QED) is 0.277. The summed E-state index contributed by atoms with van der Waals surface area (Å²) in [6, 6.07) is 13.9. The number of aromatic amines is 1. The highest BCUT2D eigenvalue weighted by Gasteiger charge is 2.10. The third kappa shape index (κ3) is 5.03. The Morgan fingerprint density at radius 3 is 2.88 bits per heavy atom. The number of nitrogens with zero attached hydrogens (tertiary/aromatic N) is 3. The fourth-order valence-corrected chi connectivity index (χ4v) is 4.48. The van der Waals surface area contributed by atoms with Crippen LogP contribution in [0.1, 0.15) is 16.0 Å². The molecule has 2 aromatic carbocycles. The first-order chi connectivity index (χ1) is 16.1. The maximum absolute atomic E-state index is 13.4. The zero-order valence-electron chi connectivity index (χ0n) is 17.0. The molecule has 9 heteroatoms. The number of hydrogen-bond acceptors (Lipinski definition) is 6. The van der Waals surface area contributed by atoms with Crippen LogP contribution in [0, 0.1) is 17.7 Å². The number of hydrogen-bond donors (Lipinski definition) is 2. The van der Waals surface area contributed by atoms with Crippen LogP contribution < -0.4 is 10.1 Å². The normalized spacial score (nSPS) is 10.6. The highest BCUT2D eigenvalue weighted by atomic mass is 79.9. The van der Waals surface area contributed by atoms with Crippen molar-refractivity contribution < 1.29 is 9.13 Å². The lowest BCUT2D eigenvalue weighted by atomic mass is 10.2. The average Bonchev–Trinajstić information content (AvgIpc) is 3.47.